The van der Waals surface area contributed by atoms with E-state index in [9.17, 15) is 53.1 Å². The van der Waals surface area contributed by atoms with Crippen molar-refractivity contribution in [2.75, 3.05) is 19.7 Å². The molecule has 6 atom stereocenters. The van der Waals surface area contributed by atoms with E-state index in [1.807, 2.05) is 0 Å². The Morgan fingerprint density at radius 2 is 1.13 bits per heavy atom. The summed E-state index contributed by atoms with van der Waals surface area (Å²) in [6, 6.07) is -8.97. The number of hydrogen-bond acceptors (Lipinski definition) is 13. The average molecular weight is 776 g/mol. The predicted molar refractivity (Wildman–Crippen MR) is 185 cm³/mol. The number of unbranched alkanes of at least 4 members (excludes halogenated alkanes) is 1. The van der Waals surface area contributed by atoms with Crippen LogP contribution in [0, 0.1) is 5.92 Å². The van der Waals surface area contributed by atoms with Crippen molar-refractivity contribution in [1.29, 1.82) is 0 Å². The summed E-state index contributed by atoms with van der Waals surface area (Å²) in [6.07, 6.45) is -2.03. The van der Waals surface area contributed by atoms with E-state index in [1.165, 1.54) is 0 Å². The van der Waals surface area contributed by atoms with Crippen molar-refractivity contribution in [2.24, 2.45) is 23.1 Å². The van der Waals surface area contributed by atoms with Crippen LogP contribution in [0.1, 0.15) is 71.6 Å². The number of carboxylic acid groups (broad SMARTS) is 3. The second kappa shape index (κ2) is 25.5. The van der Waals surface area contributed by atoms with Gasteiger partial charge in [0.05, 0.1) is 19.6 Å². The van der Waals surface area contributed by atoms with Crippen LogP contribution in [0.5, 0.6) is 0 Å². The highest BCUT2D eigenvalue weighted by atomic mass is 16.4. The molecular formula is C31H53N9O14. The smallest absolute Gasteiger partial charge is 0.326 e. The number of amides is 7. The molecule has 0 saturated heterocycles. The van der Waals surface area contributed by atoms with Crippen molar-refractivity contribution in [3.05, 3.63) is 0 Å². The molecule has 306 valence electrons. The zero-order chi connectivity index (χ0) is 41.5. The number of nitrogens with two attached hydrogens (primary N) is 3. The molecule has 0 unspecified atom stereocenters. The summed E-state index contributed by atoms with van der Waals surface area (Å²) >= 11 is 0. The van der Waals surface area contributed by atoms with E-state index in [1.54, 1.807) is 13.8 Å². The highest BCUT2D eigenvalue weighted by Gasteiger charge is 2.32. The van der Waals surface area contributed by atoms with Crippen LogP contribution in [-0.2, 0) is 47.9 Å². The Bertz CT molecular complexity index is 1350. The molecule has 7 amide bonds. The van der Waals surface area contributed by atoms with Gasteiger partial charge in [0.2, 0.25) is 41.4 Å². The van der Waals surface area contributed by atoms with Crippen molar-refractivity contribution in [3.63, 3.8) is 0 Å². The third kappa shape index (κ3) is 20.6. The Kier molecular flexibility index (Phi) is 23.0. The molecule has 0 aromatic carbocycles. The van der Waals surface area contributed by atoms with Crippen LogP contribution in [-0.4, -0.2) is 136 Å². The fraction of sp³-hybridized carbons (Fsp3) is 0.677. The van der Waals surface area contributed by atoms with Crippen LogP contribution in [0.4, 0.5) is 0 Å². The summed E-state index contributed by atoms with van der Waals surface area (Å²) in [5, 5.41) is 50.2. The number of carbonyl (C=O) groups excluding carboxylic acids is 7. The van der Waals surface area contributed by atoms with E-state index < -0.39 is 134 Å². The lowest BCUT2D eigenvalue weighted by Crippen LogP contribution is -2.58. The van der Waals surface area contributed by atoms with Crippen LogP contribution in [0.15, 0.2) is 0 Å². The molecule has 23 nitrogen and oxygen atoms in total. The van der Waals surface area contributed by atoms with E-state index >= 15 is 0 Å². The normalized spacial score (nSPS) is 14.2. The van der Waals surface area contributed by atoms with Gasteiger partial charge in [0.15, 0.2) is 0 Å². The number of carbonyl (C=O) groups is 10. The number of hydrogen-bond donors (Lipinski definition) is 13. The summed E-state index contributed by atoms with van der Waals surface area (Å²) in [4.78, 5) is 123. The maximum Gasteiger partial charge on any atom is 0.326 e. The first-order valence-electron chi connectivity index (χ1n) is 17.0. The minimum atomic E-state index is -1.67. The lowest BCUT2D eigenvalue weighted by atomic mass is 10.0. The number of rotatable bonds is 28. The third-order valence-electron chi connectivity index (χ3n) is 7.48. The Balaban J connectivity index is 6.01. The minimum absolute atomic E-state index is 0.00571. The van der Waals surface area contributed by atoms with E-state index in [-0.39, 0.29) is 31.7 Å². The number of aliphatic hydroxyl groups excluding tert-OH is 1. The van der Waals surface area contributed by atoms with Crippen molar-refractivity contribution in [1.82, 2.24) is 31.9 Å². The molecule has 0 rings (SSSR count). The Morgan fingerprint density at radius 3 is 1.63 bits per heavy atom. The second-order valence-electron chi connectivity index (χ2n) is 12.7. The first kappa shape index (κ1) is 48.6. The highest BCUT2D eigenvalue weighted by molar-refractivity contribution is 5.97. The quantitative estimate of drug-likeness (QED) is 0.0330. The molecule has 0 aromatic heterocycles. The van der Waals surface area contributed by atoms with Crippen LogP contribution >= 0.6 is 0 Å². The molecule has 0 fully saturated rings. The van der Waals surface area contributed by atoms with Crippen molar-refractivity contribution in [2.45, 2.75) is 108 Å². The zero-order valence-electron chi connectivity index (χ0n) is 30.1. The molecule has 0 aliphatic carbocycles. The molecule has 16 N–H and O–H groups in total. The number of aliphatic hydroxyl groups is 1. The van der Waals surface area contributed by atoms with Gasteiger partial charge < -0.3 is 69.5 Å². The zero-order valence-corrected chi connectivity index (χ0v) is 30.1. The van der Waals surface area contributed by atoms with Crippen molar-refractivity contribution >= 4 is 59.3 Å². The van der Waals surface area contributed by atoms with Crippen LogP contribution < -0.4 is 49.1 Å². The second-order valence-corrected chi connectivity index (χ2v) is 12.7. The van der Waals surface area contributed by atoms with Gasteiger partial charge in [-0.1, -0.05) is 13.8 Å². The molecule has 0 radical (unpaired) electrons. The lowest BCUT2D eigenvalue weighted by Gasteiger charge is -2.27. The Morgan fingerprint density at radius 1 is 0.611 bits per heavy atom. The molecule has 0 heterocycles. The maximum absolute atomic E-state index is 13.5. The fourth-order valence-corrected chi connectivity index (χ4v) is 4.64. The van der Waals surface area contributed by atoms with E-state index in [4.69, 9.17) is 32.5 Å². The largest absolute Gasteiger partial charge is 0.481 e. The van der Waals surface area contributed by atoms with Gasteiger partial charge in [-0.25, -0.2) is 4.79 Å². The third-order valence-corrected chi connectivity index (χ3v) is 7.48. The monoisotopic (exact) mass is 775 g/mol. The first-order chi connectivity index (χ1) is 25.2. The van der Waals surface area contributed by atoms with Gasteiger partial charge in [-0.3, -0.25) is 43.2 Å². The van der Waals surface area contributed by atoms with Crippen LogP contribution in [0.3, 0.4) is 0 Å². The standard InChI is InChI=1S/C31H53N9O14/c1-15(2)11-20(30(52)37-18(6-8-22(34)42)29(51)38-19(31(53)54)7-9-24(44)45)40-28(50)17(5-3-4-10-32)36-23(43)13-35-27(49)21(12-25(46)47)39-26(48)16(33)14-41/h15-21,41H,3-14,32-33H2,1-2H3,(H2,34,42)(H,35,49)(H,36,43)(H,37,52)(H,38,51)(H,39,48)(H,40,50)(H,44,45)(H,46,47)(H,53,54)/t16-,17-,18-,19-,20-,21-/m0/s1. The van der Waals surface area contributed by atoms with Gasteiger partial charge in [-0.05, 0) is 51.0 Å². The summed E-state index contributed by atoms with van der Waals surface area (Å²) in [7, 11) is 0. The molecule has 23 heteroatoms. The van der Waals surface area contributed by atoms with Crippen LogP contribution in [0.25, 0.3) is 0 Å². The summed E-state index contributed by atoms with van der Waals surface area (Å²) < 4.78 is 0. The van der Waals surface area contributed by atoms with Gasteiger partial charge in [0, 0.05) is 12.8 Å². The topological polar surface area (TPSA) is 402 Å². The molecule has 0 aromatic rings. The number of carboxylic acids is 3. The summed E-state index contributed by atoms with van der Waals surface area (Å²) in [5.41, 5.74) is 16.2. The number of nitrogens with one attached hydrogen (secondary N) is 6. The predicted octanol–water partition coefficient (Wildman–Crippen LogP) is -5.29. The van der Waals surface area contributed by atoms with E-state index in [0.29, 0.717) is 12.8 Å². The molecular weight excluding hydrogens is 722 g/mol. The molecule has 0 spiro atoms. The molecule has 54 heavy (non-hydrogen) atoms. The SMILES string of the molecule is CC(C)C[C@H](NC(=O)[C@H](CCCCN)NC(=O)CNC(=O)[C@H](CC(=O)O)NC(=O)[C@@H](N)CO)C(=O)N[C@@H](CCC(N)=O)C(=O)N[C@@H](CCC(=O)O)C(=O)O. The van der Waals surface area contributed by atoms with Crippen LogP contribution in [0.2, 0.25) is 0 Å². The van der Waals surface area contributed by atoms with Gasteiger partial charge in [0.25, 0.3) is 0 Å². The summed E-state index contributed by atoms with van der Waals surface area (Å²) in [6.45, 7) is 2.08. The Hall–Kier alpha value is -5.42. The van der Waals surface area contributed by atoms with E-state index in [2.05, 4.69) is 31.9 Å². The van der Waals surface area contributed by atoms with Crippen molar-refractivity contribution < 1.29 is 68.4 Å². The number of primary amides is 1. The molecule has 0 saturated carbocycles. The van der Waals surface area contributed by atoms with Gasteiger partial charge >= 0.3 is 17.9 Å². The molecule has 0 aliphatic rings. The van der Waals surface area contributed by atoms with Gasteiger partial charge in [-0.15, -0.1) is 0 Å². The average Bonchev–Trinajstić information content (AvgIpc) is 3.08. The molecule has 0 aliphatic heterocycles. The highest BCUT2D eigenvalue weighted by Crippen LogP contribution is 2.10. The maximum atomic E-state index is 13.5. The van der Waals surface area contributed by atoms with Gasteiger partial charge in [0.1, 0.15) is 36.3 Å². The molecule has 0 bridgehead atoms. The fourth-order valence-electron chi connectivity index (χ4n) is 4.64. The number of aliphatic carboxylic acids is 3. The first-order valence-corrected chi connectivity index (χ1v) is 17.0. The van der Waals surface area contributed by atoms with E-state index in [0.717, 1.165) is 0 Å². The van der Waals surface area contributed by atoms with Gasteiger partial charge in [-0.2, -0.15) is 0 Å². The van der Waals surface area contributed by atoms with Crippen molar-refractivity contribution in [3.8, 4) is 0 Å². The Labute approximate surface area is 310 Å². The lowest BCUT2D eigenvalue weighted by molar-refractivity contribution is -0.144. The summed E-state index contributed by atoms with van der Waals surface area (Å²) in [5.74, 6) is -11.3. The minimum Gasteiger partial charge on any atom is -0.481 e.